The molecule has 15 heteroatoms. The zero-order valence-electron chi connectivity index (χ0n) is 12.4. The quantitative estimate of drug-likeness (QED) is 0.331. The van der Waals surface area contributed by atoms with Gasteiger partial charge in [0, 0.05) is 6.20 Å². The molecule has 0 bridgehead atoms. The minimum absolute atomic E-state index is 0.324. The van der Waals surface area contributed by atoms with Crippen LogP contribution in [0.25, 0.3) is 0 Å². The predicted molar refractivity (Wildman–Crippen MR) is 71.0 cm³/mol. The smallest absolute Gasteiger partial charge is 0.363 e. The number of hydrogen-bond donors (Lipinski definition) is 4. The van der Waals surface area contributed by atoms with Gasteiger partial charge in [-0.3, -0.25) is 9.97 Å². The molecule has 5 atom stereocenters. The minimum Gasteiger partial charge on any atom is -0.846 e. The predicted octanol–water partition coefficient (Wildman–Crippen LogP) is -4.94. The number of ether oxygens (including phenoxy) is 1. The fourth-order valence-electron chi connectivity index (χ4n) is 2.15. The van der Waals surface area contributed by atoms with E-state index < -0.39 is 58.6 Å². The Morgan fingerprint density at radius 1 is 1.40 bits per heavy atom. The van der Waals surface area contributed by atoms with Crippen LogP contribution in [0.5, 0.6) is 6.01 Å². The number of aromatic nitrogens is 2. The number of aliphatic hydroxyl groups is 2. The third-order valence-electron chi connectivity index (χ3n) is 3.23. The summed E-state index contributed by atoms with van der Waals surface area (Å²) >= 11 is 0. The molecule has 1 aromatic heterocycles. The van der Waals surface area contributed by atoms with Crippen molar-refractivity contribution in [3.05, 3.63) is 17.8 Å². The molecule has 0 aromatic carbocycles. The number of aliphatic hydroxyl groups excluding tert-OH is 2. The maximum absolute atomic E-state index is 11.7. The number of hydrogen-bond acceptors (Lipinski definition) is 11. The van der Waals surface area contributed by atoms with E-state index in [-0.39, 0.29) is 5.49 Å². The topological polar surface area (TPSA) is 230 Å². The molecule has 0 aliphatic carbocycles. The highest BCUT2D eigenvalue weighted by molar-refractivity contribution is 7.71. The van der Waals surface area contributed by atoms with E-state index in [0.29, 0.717) is 0 Å². The van der Waals surface area contributed by atoms with Crippen molar-refractivity contribution < 1.29 is 48.7 Å². The van der Waals surface area contributed by atoms with Gasteiger partial charge in [-0.1, -0.05) is 0 Å². The van der Waals surface area contributed by atoms with E-state index in [1.54, 1.807) is 0 Å². The van der Waals surface area contributed by atoms with Crippen molar-refractivity contribution in [2.24, 2.45) is 0 Å². The molecule has 142 valence electrons. The Hall–Kier alpha value is -0.980. The van der Waals surface area contributed by atoms with Crippen molar-refractivity contribution in [2.75, 3.05) is 12.5 Å². The van der Waals surface area contributed by atoms with Crippen molar-refractivity contribution in [2.45, 2.75) is 24.5 Å². The molecule has 2 heterocycles. The average Bonchev–Trinajstić information content (AvgIpc) is 2.71. The zero-order chi connectivity index (χ0) is 19.0. The van der Waals surface area contributed by atoms with Crippen LogP contribution in [0.15, 0.2) is 12.3 Å². The molecule has 1 unspecified atom stereocenters. The standard InChI is InChI=1S/C10H17N3O10P2/c11-6-1-2-13(10(16)12-6)9-8(15)7(14)5(23-9)3-22-25(20,21)4-24(17,18)19/h1-2,5,7-9,14-15H,3-4H2,(H,20,21)(H2,11,12,16)(H2,17,18,19)/p-3/t5-,7-,8-,9-/m1/s1. The summed E-state index contributed by atoms with van der Waals surface area (Å²) in [6.07, 6.45) is -4.97. The van der Waals surface area contributed by atoms with Gasteiger partial charge >= 0.3 is 7.60 Å². The first-order valence-corrected chi connectivity index (χ1v) is 10.2. The second-order valence-corrected chi connectivity index (χ2v) is 9.12. The monoisotopic (exact) mass is 398 g/mol. The molecule has 0 spiro atoms. The fourth-order valence-corrected chi connectivity index (χ4v) is 4.61. The largest absolute Gasteiger partial charge is 0.846 e. The third kappa shape index (κ3) is 5.25. The Labute approximate surface area is 141 Å². The van der Waals surface area contributed by atoms with Gasteiger partial charge in [-0.05, 0) is 6.07 Å². The van der Waals surface area contributed by atoms with Crippen LogP contribution in [-0.2, 0) is 13.8 Å². The molecule has 2 rings (SSSR count). The van der Waals surface area contributed by atoms with E-state index in [4.69, 9.17) is 10.1 Å². The van der Waals surface area contributed by atoms with Crippen LogP contribution in [0.1, 0.15) is 6.23 Å². The van der Waals surface area contributed by atoms with Crippen molar-refractivity contribution in [3.63, 3.8) is 0 Å². The van der Waals surface area contributed by atoms with Gasteiger partial charge in [-0.2, -0.15) is 7.94 Å². The lowest BCUT2D eigenvalue weighted by Gasteiger charge is -2.42. The molecule has 1 fully saturated rings. The van der Waals surface area contributed by atoms with Gasteiger partial charge in [-0.15, -0.1) is 0 Å². The van der Waals surface area contributed by atoms with Crippen molar-refractivity contribution in [3.8, 4) is 6.01 Å². The Balaban J connectivity index is 2.07. The maximum atomic E-state index is 11.7. The molecule has 0 saturated carbocycles. The highest BCUT2D eigenvalue weighted by Gasteiger charge is 2.44. The van der Waals surface area contributed by atoms with Crippen LogP contribution < -0.4 is 25.3 Å². The lowest BCUT2D eigenvalue weighted by molar-refractivity contribution is -0.426. The Bertz CT molecular complexity index is 722. The lowest BCUT2D eigenvalue weighted by Crippen LogP contribution is -2.36. The number of nitrogens with zero attached hydrogens (tertiary/aromatic N) is 2. The van der Waals surface area contributed by atoms with Gasteiger partial charge < -0.3 is 48.7 Å². The molecule has 13 nitrogen and oxygen atoms in total. The van der Waals surface area contributed by atoms with Gasteiger partial charge in [-0.25, -0.2) is 4.98 Å². The zero-order valence-corrected chi connectivity index (χ0v) is 14.2. The van der Waals surface area contributed by atoms with E-state index >= 15 is 0 Å². The Kier molecular flexibility index (Phi) is 5.96. The summed E-state index contributed by atoms with van der Waals surface area (Å²) in [5, 5.41) is 38.7. The van der Waals surface area contributed by atoms with Crippen LogP contribution >= 0.6 is 15.5 Å². The van der Waals surface area contributed by atoms with Gasteiger partial charge in [0.15, 0.2) is 6.23 Å². The summed E-state index contributed by atoms with van der Waals surface area (Å²) < 4.78 is 21.9. The lowest BCUT2D eigenvalue weighted by atomic mass is 10.1. The van der Waals surface area contributed by atoms with Crippen LogP contribution in [0.4, 0.5) is 0 Å². The molecular weight excluding hydrogens is 384 g/mol. The molecule has 4 N–H and O–H groups in total. The SMILES string of the molecule is N=c1ccn([C@@H]2O[C@H](COP(=O)(O)C[P+]([O-])([O-])[O-])[C@@H](O)[C@H]2O)c([O-])n1. The maximum Gasteiger partial charge on any atom is 0.363 e. The summed E-state index contributed by atoms with van der Waals surface area (Å²) in [7, 11) is -10.1. The molecule has 0 radical (unpaired) electrons. The van der Waals surface area contributed by atoms with E-state index in [9.17, 15) is 39.5 Å². The summed E-state index contributed by atoms with van der Waals surface area (Å²) in [5.74, 6) is -1.64. The Morgan fingerprint density at radius 2 is 2.04 bits per heavy atom. The second-order valence-electron chi connectivity index (χ2n) is 5.23. The molecule has 1 aliphatic heterocycles. The van der Waals surface area contributed by atoms with Gasteiger partial charge in [0.1, 0.15) is 29.7 Å². The van der Waals surface area contributed by atoms with Gasteiger partial charge in [0.25, 0.3) is 0 Å². The molecule has 1 saturated heterocycles. The number of rotatable bonds is 6. The number of nitrogens with one attached hydrogen (secondary N) is 1. The first-order chi connectivity index (χ1) is 11.4. The molecule has 25 heavy (non-hydrogen) atoms. The van der Waals surface area contributed by atoms with Crippen LogP contribution in [0, 0.1) is 5.41 Å². The van der Waals surface area contributed by atoms with E-state index in [0.717, 1.165) is 16.8 Å². The second kappa shape index (κ2) is 7.33. The normalized spacial score (nSPS) is 29.5. The fraction of sp³-hybridized carbons (Fsp3) is 0.600. The summed E-state index contributed by atoms with van der Waals surface area (Å²) in [4.78, 5) is 44.2. The minimum atomic E-state index is -5.31. The summed E-state index contributed by atoms with van der Waals surface area (Å²) in [5.41, 5.74) is -0.324. The molecule has 1 aliphatic rings. The highest BCUT2D eigenvalue weighted by atomic mass is 31.3. The summed E-state index contributed by atoms with van der Waals surface area (Å²) in [6.45, 7) is -0.818. The van der Waals surface area contributed by atoms with Crippen LogP contribution in [0.3, 0.4) is 0 Å². The van der Waals surface area contributed by atoms with Gasteiger partial charge in [0.05, 0.1) is 12.6 Å². The Morgan fingerprint density at radius 3 is 2.60 bits per heavy atom. The van der Waals surface area contributed by atoms with Crippen LogP contribution in [0.2, 0.25) is 0 Å². The summed E-state index contributed by atoms with van der Waals surface area (Å²) in [6, 6.07) is 0.201. The third-order valence-corrected chi connectivity index (χ3v) is 6.60. The van der Waals surface area contributed by atoms with Crippen molar-refractivity contribution in [1.82, 2.24) is 9.55 Å². The van der Waals surface area contributed by atoms with Crippen LogP contribution in [-0.4, -0.2) is 55.5 Å². The highest BCUT2D eigenvalue weighted by Crippen LogP contribution is 2.53. The van der Waals surface area contributed by atoms with E-state index in [1.165, 1.54) is 0 Å². The molecule has 0 amide bonds. The average molecular weight is 398 g/mol. The first-order valence-electron chi connectivity index (χ1n) is 6.69. The van der Waals surface area contributed by atoms with Crippen molar-refractivity contribution in [1.29, 1.82) is 5.41 Å². The van der Waals surface area contributed by atoms with Gasteiger partial charge in [0.2, 0.25) is 0 Å². The first kappa shape index (κ1) is 20.3. The molecular formula is C10H14N3O10P2-3. The van der Waals surface area contributed by atoms with Crippen molar-refractivity contribution >= 4 is 15.5 Å². The van der Waals surface area contributed by atoms with E-state index in [2.05, 4.69) is 9.51 Å². The molecule has 1 aromatic rings. The van der Waals surface area contributed by atoms with E-state index in [1.807, 2.05) is 0 Å².